The molecule has 0 bridgehead atoms. The largest absolute Gasteiger partial charge is 0.497 e. The van der Waals surface area contributed by atoms with Gasteiger partial charge in [0.2, 0.25) is 5.91 Å². The van der Waals surface area contributed by atoms with Gasteiger partial charge < -0.3 is 19.4 Å². The van der Waals surface area contributed by atoms with Crippen LogP contribution in [0, 0.1) is 13.8 Å². The van der Waals surface area contributed by atoms with Gasteiger partial charge in [-0.1, -0.05) is 17.7 Å². The first-order valence-electron chi connectivity index (χ1n) is 9.74. The zero-order chi connectivity index (χ0) is 20.5. The molecule has 1 aliphatic rings. The Kier molecular flexibility index (Phi) is 5.01. The summed E-state index contributed by atoms with van der Waals surface area (Å²) in [5, 5.41) is 3.60. The topological polar surface area (TPSA) is 71.8 Å². The summed E-state index contributed by atoms with van der Waals surface area (Å²) >= 11 is 0. The Morgan fingerprint density at radius 2 is 1.93 bits per heavy atom. The van der Waals surface area contributed by atoms with Gasteiger partial charge in [-0.3, -0.25) is 9.59 Å². The molecule has 1 aromatic heterocycles. The highest BCUT2D eigenvalue weighted by molar-refractivity contribution is 6.09. The van der Waals surface area contributed by atoms with Crippen molar-refractivity contribution in [2.24, 2.45) is 0 Å². The molecule has 1 aliphatic heterocycles. The zero-order valence-corrected chi connectivity index (χ0v) is 16.8. The molecular weight excluding hydrogens is 368 g/mol. The number of fused-ring (bicyclic) bond motifs is 1. The second kappa shape index (κ2) is 7.62. The van der Waals surface area contributed by atoms with Crippen LogP contribution in [0.15, 0.2) is 46.9 Å². The summed E-state index contributed by atoms with van der Waals surface area (Å²) in [6.07, 6.45) is 1.44. The zero-order valence-electron chi connectivity index (χ0n) is 16.8. The summed E-state index contributed by atoms with van der Waals surface area (Å²) in [5.41, 5.74) is 3.05. The van der Waals surface area contributed by atoms with E-state index in [1.807, 2.05) is 31.2 Å². The summed E-state index contributed by atoms with van der Waals surface area (Å²) < 4.78 is 11.0. The summed E-state index contributed by atoms with van der Waals surface area (Å²) in [5.74, 6) is 0.770. The van der Waals surface area contributed by atoms with Crippen molar-refractivity contribution in [2.45, 2.75) is 32.7 Å². The van der Waals surface area contributed by atoms with E-state index in [-0.39, 0.29) is 11.8 Å². The average molecular weight is 392 g/mol. The maximum atomic E-state index is 13.1. The molecule has 150 valence electrons. The number of hydrogen-bond donors (Lipinski definition) is 1. The summed E-state index contributed by atoms with van der Waals surface area (Å²) in [6, 6.07) is 12.6. The summed E-state index contributed by atoms with van der Waals surface area (Å²) in [7, 11) is 1.58. The molecule has 2 heterocycles. The molecule has 1 N–H and O–H groups in total. The fourth-order valence-electron chi connectivity index (χ4n) is 3.83. The number of rotatable bonds is 4. The van der Waals surface area contributed by atoms with Crippen molar-refractivity contribution in [3.8, 4) is 5.75 Å². The minimum absolute atomic E-state index is 0.0866. The van der Waals surface area contributed by atoms with Gasteiger partial charge in [0.25, 0.3) is 5.91 Å². The normalized spacial score (nSPS) is 16.9. The minimum Gasteiger partial charge on any atom is -0.497 e. The molecule has 1 unspecified atom stereocenters. The molecule has 1 saturated heterocycles. The van der Waals surface area contributed by atoms with Crippen molar-refractivity contribution in [1.29, 1.82) is 0 Å². The molecule has 0 saturated carbocycles. The van der Waals surface area contributed by atoms with Crippen LogP contribution >= 0.6 is 0 Å². The number of aryl methyl sites for hydroxylation is 2. The molecule has 2 aromatic carbocycles. The predicted molar refractivity (Wildman–Crippen MR) is 112 cm³/mol. The number of hydrogen-bond acceptors (Lipinski definition) is 4. The molecule has 2 amide bonds. The molecule has 1 atom stereocenters. The lowest BCUT2D eigenvalue weighted by Gasteiger charge is -2.32. The maximum Gasteiger partial charge on any atom is 0.256 e. The summed E-state index contributed by atoms with van der Waals surface area (Å²) in [4.78, 5) is 27.8. The fourth-order valence-corrected chi connectivity index (χ4v) is 3.83. The average Bonchev–Trinajstić information content (AvgIpc) is 3.05. The van der Waals surface area contributed by atoms with Gasteiger partial charge in [0, 0.05) is 17.6 Å². The molecule has 6 nitrogen and oxygen atoms in total. The number of ether oxygens (including phenoxy) is 1. The molecule has 0 spiro atoms. The molecule has 0 radical (unpaired) electrons. The van der Waals surface area contributed by atoms with Crippen LogP contribution in [0.5, 0.6) is 5.75 Å². The van der Waals surface area contributed by atoms with E-state index in [1.165, 1.54) is 0 Å². The highest BCUT2D eigenvalue weighted by Crippen LogP contribution is 2.29. The lowest BCUT2D eigenvalue weighted by molar-refractivity contribution is -0.121. The van der Waals surface area contributed by atoms with E-state index in [0.717, 1.165) is 17.7 Å². The fraction of sp³-hybridized carbons (Fsp3) is 0.304. The smallest absolute Gasteiger partial charge is 0.256 e. The number of carbonyl (C=O) groups excluding carboxylic acids is 2. The van der Waals surface area contributed by atoms with Crippen molar-refractivity contribution in [3.05, 3.63) is 59.4 Å². The second-order valence-electron chi connectivity index (χ2n) is 7.39. The van der Waals surface area contributed by atoms with Gasteiger partial charge in [-0.05, 0) is 57.0 Å². The van der Waals surface area contributed by atoms with Crippen LogP contribution in [-0.4, -0.2) is 31.5 Å². The van der Waals surface area contributed by atoms with E-state index >= 15 is 0 Å². The van der Waals surface area contributed by atoms with Gasteiger partial charge in [-0.15, -0.1) is 0 Å². The van der Waals surface area contributed by atoms with Crippen LogP contribution in [0.2, 0.25) is 0 Å². The Morgan fingerprint density at radius 3 is 2.66 bits per heavy atom. The first-order chi connectivity index (χ1) is 14.0. The van der Waals surface area contributed by atoms with Crippen LogP contribution in [0.1, 0.15) is 34.5 Å². The lowest BCUT2D eigenvalue weighted by atomic mass is 10.0. The monoisotopic (exact) mass is 392 g/mol. The van der Waals surface area contributed by atoms with E-state index in [9.17, 15) is 9.59 Å². The highest BCUT2D eigenvalue weighted by Gasteiger charge is 2.32. The number of carbonyl (C=O) groups is 2. The van der Waals surface area contributed by atoms with Gasteiger partial charge in [0.05, 0.1) is 12.7 Å². The lowest BCUT2D eigenvalue weighted by Crippen LogP contribution is -2.52. The van der Waals surface area contributed by atoms with Crippen LogP contribution in [-0.2, 0) is 4.79 Å². The van der Waals surface area contributed by atoms with Crippen molar-refractivity contribution >= 4 is 28.5 Å². The first-order valence-corrected chi connectivity index (χ1v) is 9.74. The van der Waals surface area contributed by atoms with Crippen molar-refractivity contribution in [3.63, 3.8) is 0 Å². The predicted octanol–water partition coefficient (Wildman–Crippen LogP) is 3.98. The van der Waals surface area contributed by atoms with Crippen molar-refractivity contribution in [1.82, 2.24) is 5.32 Å². The molecule has 4 rings (SSSR count). The van der Waals surface area contributed by atoms with Crippen LogP contribution in [0.4, 0.5) is 5.69 Å². The Bertz CT molecular complexity index is 1070. The van der Waals surface area contributed by atoms with Crippen molar-refractivity contribution in [2.75, 3.05) is 18.6 Å². The minimum atomic E-state index is -0.562. The van der Waals surface area contributed by atoms with E-state index in [2.05, 4.69) is 5.32 Å². The van der Waals surface area contributed by atoms with Gasteiger partial charge in [0.1, 0.15) is 23.1 Å². The molecule has 0 aliphatic carbocycles. The van der Waals surface area contributed by atoms with Crippen molar-refractivity contribution < 1.29 is 18.7 Å². The number of furan rings is 1. The van der Waals surface area contributed by atoms with Crippen LogP contribution < -0.4 is 15.0 Å². The summed E-state index contributed by atoms with van der Waals surface area (Å²) in [6.45, 7) is 4.42. The molecule has 29 heavy (non-hydrogen) atoms. The quantitative estimate of drug-likeness (QED) is 0.729. The van der Waals surface area contributed by atoms with Gasteiger partial charge in [0.15, 0.2) is 0 Å². The van der Waals surface area contributed by atoms with E-state index in [4.69, 9.17) is 9.15 Å². The molecule has 6 heteroatoms. The van der Waals surface area contributed by atoms with Crippen LogP contribution in [0.25, 0.3) is 11.0 Å². The van der Waals surface area contributed by atoms with Gasteiger partial charge in [-0.2, -0.15) is 0 Å². The number of anilines is 1. The van der Waals surface area contributed by atoms with E-state index in [0.29, 0.717) is 41.0 Å². The Labute approximate surface area is 169 Å². The number of nitrogens with zero attached hydrogens (tertiary/aromatic N) is 1. The highest BCUT2D eigenvalue weighted by atomic mass is 16.5. The maximum absolute atomic E-state index is 13.1. The molecular formula is C23H24N2O4. The first kappa shape index (κ1) is 19.1. The number of benzene rings is 2. The van der Waals surface area contributed by atoms with E-state index in [1.54, 1.807) is 37.1 Å². The standard InChI is InChI=1S/C23H24N2O4/c1-14-6-8-16(9-7-14)25-12-4-5-19(23(25)27)24-22(26)21-15(2)29-20-11-10-17(28-3)13-18(20)21/h6-11,13,19H,4-5,12H2,1-3H3,(H,24,26). The molecule has 1 fully saturated rings. The van der Waals surface area contributed by atoms with Gasteiger partial charge in [-0.25, -0.2) is 0 Å². The Morgan fingerprint density at radius 1 is 1.17 bits per heavy atom. The number of methoxy groups -OCH3 is 1. The number of nitrogens with one attached hydrogen (secondary N) is 1. The number of amides is 2. The molecule has 3 aromatic rings. The SMILES string of the molecule is COc1ccc2oc(C)c(C(=O)NC3CCCN(c4ccc(C)cc4)C3=O)c2c1. The number of piperidine rings is 1. The van der Waals surface area contributed by atoms with Crippen LogP contribution in [0.3, 0.4) is 0 Å². The van der Waals surface area contributed by atoms with Gasteiger partial charge >= 0.3 is 0 Å². The third-order valence-corrected chi connectivity index (χ3v) is 5.39. The Balaban J connectivity index is 1.58. The Hall–Kier alpha value is -3.28. The third-order valence-electron chi connectivity index (χ3n) is 5.39. The third kappa shape index (κ3) is 3.58. The second-order valence-corrected chi connectivity index (χ2v) is 7.39. The van der Waals surface area contributed by atoms with E-state index < -0.39 is 6.04 Å².